The van der Waals surface area contributed by atoms with Crippen molar-refractivity contribution in [2.24, 2.45) is 5.92 Å². The second kappa shape index (κ2) is 12.2. The molecule has 2 aliphatic carbocycles. The van der Waals surface area contributed by atoms with Gasteiger partial charge in [0.15, 0.2) is 29.5 Å². The molecule has 0 aromatic rings. The molecule has 238 valence electrons. The smallest absolute Gasteiger partial charge is 0.341 e. The van der Waals surface area contributed by atoms with Gasteiger partial charge in [0.25, 0.3) is 0 Å². The first-order valence-electron chi connectivity index (χ1n) is 14.3. The average molecular weight is 607 g/mol. The third kappa shape index (κ3) is 5.74. The highest BCUT2D eigenvalue weighted by atomic mass is 16.6. The van der Waals surface area contributed by atoms with Gasteiger partial charge in [0, 0.05) is 30.9 Å². The van der Waals surface area contributed by atoms with Crippen molar-refractivity contribution in [1.82, 2.24) is 0 Å². The van der Waals surface area contributed by atoms with Crippen LogP contribution in [0.15, 0.2) is 34.4 Å². The Morgan fingerprint density at radius 1 is 0.977 bits per heavy atom. The summed E-state index contributed by atoms with van der Waals surface area (Å²) in [4.78, 5) is 64.6. The molecule has 1 aliphatic heterocycles. The number of aliphatic hydroxyl groups is 2. The van der Waals surface area contributed by atoms with Gasteiger partial charge in [0.1, 0.15) is 11.7 Å². The lowest BCUT2D eigenvalue weighted by Crippen LogP contribution is -2.64. The molecule has 1 saturated carbocycles. The SMILES string of the molecule is CC=C(C)C(=O)OC1C(C)=C2C(C1OC(=O)C(C)=CC)C(C)(OC(C)=O)CC(OC(=O)CCC)C1(O)C2OC(=O)C1(C)O. The van der Waals surface area contributed by atoms with Crippen LogP contribution in [0.2, 0.25) is 0 Å². The van der Waals surface area contributed by atoms with Gasteiger partial charge < -0.3 is 33.9 Å². The summed E-state index contributed by atoms with van der Waals surface area (Å²) < 4.78 is 29.0. The van der Waals surface area contributed by atoms with Gasteiger partial charge in [0.05, 0.1) is 5.92 Å². The molecule has 0 bridgehead atoms. The van der Waals surface area contributed by atoms with E-state index in [1.165, 1.54) is 32.9 Å². The first-order valence-corrected chi connectivity index (χ1v) is 14.3. The molecular formula is C31H42O12. The minimum atomic E-state index is -2.59. The maximum absolute atomic E-state index is 13.2. The van der Waals surface area contributed by atoms with E-state index in [2.05, 4.69) is 0 Å². The van der Waals surface area contributed by atoms with Crippen LogP contribution in [-0.4, -0.2) is 81.3 Å². The number of ether oxygens (including phenoxy) is 5. The first kappa shape index (κ1) is 34.0. The van der Waals surface area contributed by atoms with Crippen molar-refractivity contribution in [1.29, 1.82) is 0 Å². The Balaban J connectivity index is 2.36. The van der Waals surface area contributed by atoms with E-state index in [4.69, 9.17) is 23.7 Å². The largest absolute Gasteiger partial charge is 0.459 e. The molecule has 2 fully saturated rings. The second-order valence-corrected chi connectivity index (χ2v) is 11.8. The van der Waals surface area contributed by atoms with Crippen molar-refractivity contribution in [2.75, 3.05) is 0 Å². The fourth-order valence-electron chi connectivity index (χ4n) is 6.15. The highest BCUT2D eigenvalue weighted by Crippen LogP contribution is 2.57. The summed E-state index contributed by atoms with van der Waals surface area (Å²) in [5.74, 6) is -5.31. The van der Waals surface area contributed by atoms with Crippen LogP contribution in [0.4, 0.5) is 0 Å². The second-order valence-electron chi connectivity index (χ2n) is 11.8. The van der Waals surface area contributed by atoms with Crippen LogP contribution in [-0.2, 0) is 47.7 Å². The number of hydrogen-bond donors (Lipinski definition) is 2. The number of allylic oxidation sites excluding steroid dienone is 2. The van der Waals surface area contributed by atoms with Crippen LogP contribution in [0.3, 0.4) is 0 Å². The third-order valence-electron chi connectivity index (χ3n) is 8.76. The molecule has 0 radical (unpaired) electrons. The molecule has 8 atom stereocenters. The Morgan fingerprint density at radius 3 is 2.05 bits per heavy atom. The van der Waals surface area contributed by atoms with E-state index in [0.29, 0.717) is 6.42 Å². The average Bonchev–Trinajstić information content (AvgIpc) is 3.26. The lowest BCUT2D eigenvalue weighted by molar-refractivity contribution is -0.212. The van der Waals surface area contributed by atoms with Crippen molar-refractivity contribution in [3.05, 3.63) is 34.4 Å². The summed E-state index contributed by atoms with van der Waals surface area (Å²) in [6.45, 7) is 13.3. The Hall–Kier alpha value is -3.51. The Morgan fingerprint density at radius 2 is 1.53 bits per heavy atom. The molecule has 43 heavy (non-hydrogen) atoms. The molecule has 0 aromatic carbocycles. The predicted molar refractivity (Wildman–Crippen MR) is 150 cm³/mol. The number of fused-ring (bicyclic) bond motifs is 3. The molecule has 8 unspecified atom stereocenters. The molecule has 1 heterocycles. The normalized spacial score (nSPS) is 35.8. The van der Waals surface area contributed by atoms with Gasteiger partial charge >= 0.3 is 29.8 Å². The van der Waals surface area contributed by atoms with Gasteiger partial charge in [-0.3, -0.25) is 9.59 Å². The maximum Gasteiger partial charge on any atom is 0.341 e. The van der Waals surface area contributed by atoms with E-state index in [0.717, 1.165) is 13.8 Å². The minimum absolute atomic E-state index is 0.0329. The summed E-state index contributed by atoms with van der Waals surface area (Å²) in [6.07, 6.45) is -2.87. The molecular weight excluding hydrogens is 564 g/mol. The van der Waals surface area contributed by atoms with Crippen molar-refractivity contribution in [3.8, 4) is 0 Å². The van der Waals surface area contributed by atoms with Gasteiger partial charge in [-0.25, -0.2) is 14.4 Å². The van der Waals surface area contributed by atoms with Gasteiger partial charge in [-0.2, -0.15) is 0 Å². The zero-order valence-corrected chi connectivity index (χ0v) is 26.1. The number of rotatable bonds is 8. The summed E-state index contributed by atoms with van der Waals surface area (Å²) in [7, 11) is 0. The monoisotopic (exact) mass is 606 g/mol. The molecule has 0 aromatic heterocycles. The fourth-order valence-corrected chi connectivity index (χ4v) is 6.15. The van der Waals surface area contributed by atoms with Gasteiger partial charge in [0.2, 0.25) is 0 Å². The number of carbonyl (C=O) groups is 5. The number of esters is 5. The van der Waals surface area contributed by atoms with E-state index in [-0.39, 0.29) is 28.7 Å². The van der Waals surface area contributed by atoms with Crippen LogP contribution >= 0.6 is 0 Å². The molecule has 0 amide bonds. The topological polar surface area (TPSA) is 172 Å². The van der Waals surface area contributed by atoms with Crippen molar-refractivity contribution in [3.63, 3.8) is 0 Å². The van der Waals surface area contributed by atoms with Crippen LogP contribution in [0.5, 0.6) is 0 Å². The zero-order chi connectivity index (χ0) is 32.7. The standard InChI is InChI=1S/C31H42O12/c1-10-13-20(33)39-19-14-29(8,43-18(7)32)22-21(25-31(19,38)30(9,37)28(36)42-25)17(6)23(40-26(34)15(4)11-2)24(22)41-27(35)16(5)12-3/h11-12,19,22-25,37-38H,10,13-14H2,1-9H3. The highest BCUT2D eigenvalue weighted by Gasteiger charge is 2.76. The summed E-state index contributed by atoms with van der Waals surface area (Å²) in [5, 5.41) is 23.7. The molecule has 1 saturated heterocycles. The predicted octanol–water partition coefficient (Wildman–Crippen LogP) is 2.53. The van der Waals surface area contributed by atoms with Gasteiger partial charge in [-0.15, -0.1) is 0 Å². The van der Waals surface area contributed by atoms with Crippen molar-refractivity contribution >= 4 is 29.8 Å². The van der Waals surface area contributed by atoms with Crippen LogP contribution < -0.4 is 0 Å². The Kier molecular flexibility index (Phi) is 9.67. The lowest BCUT2D eigenvalue weighted by atomic mass is 9.75. The van der Waals surface area contributed by atoms with Crippen molar-refractivity contribution in [2.45, 2.75) is 123 Å². The van der Waals surface area contributed by atoms with E-state index in [1.807, 2.05) is 0 Å². The van der Waals surface area contributed by atoms with Crippen molar-refractivity contribution < 1.29 is 57.9 Å². The maximum atomic E-state index is 13.2. The number of hydrogen-bond acceptors (Lipinski definition) is 12. The van der Waals surface area contributed by atoms with Gasteiger partial charge in [-0.05, 0) is 66.0 Å². The molecule has 12 heteroatoms. The summed E-state index contributed by atoms with van der Waals surface area (Å²) in [5.41, 5.74) is -6.01. The lowest BCUT2D eigenvalue weighted by Gasteiger charge is -2.41. The number of carbonyl (C=O) groups excluding carboxylic acids is 5. The van der Waals surface area contributed by atoms with Gasteiger partial charge in [-0.1, -0.05) is 19.1 Å². The molecule has 2 N–H and O–H groups in total. The Bertz CT molecular complexity index is 1290. The van der Waals surface area contributed by atoms with E-state index >= 15 is 0 Å². The molecule has 3 aliphatic rings. The van der Waals surface area contributed by atoms with E-state index in [9.17, 15) is 34.2 Å². The molecule has 12 nitrogen and oxygen atoms in total. The molecule has 3 rings (SSSR count). The van der Waals surface area contributed by atoms with E-state index < -0.39 is 83.4 Å². The van der Waals surface area contributed by atoms with Crippen LogP contribution in [0.1, 0.15) is 81.6 Å². The van der Waals surface area contributed by atoms with Crippen LogP contribution in [0, 0.1) is 5.92 Å². The minimum Gasteiger partial charge on any atom is -0.459 e. The summed E-state index contributed by atoms with van der Waals surface area (Å²) in [6, 6.07) is 0. The zero-order valence-electron chi connectivity index (χ0n) is 26.1. The first-order chi connectivity index (χ1) is 19.9. The highest BCUT2D eigenvalue weighted by molar-refractivity contribution is 5.89. The molecule has 0 spiro atoms. The fraction of sp³-hybridized carbons (Fsp3) is 0.645. The van der Waals surface area contributed by atoms with E-state index in [1.54, 1.807) is 27.7 Å². The quantitative estimate of drug-likeness (QED) is 0.179. The van der Waals surface area contributed by atoms with Crippen LogP contribution in [0.25, 0.3) is 0 Å². The summed E-state index contributed by atoms with van der Waals surface area (Å²) >= 11 is 0. The Labute approximate surface area is 251 Å². The third-order valence-corrected chi connectivity index (χ3v) is 8.76.